The average molecular weight is 481 g/mol. The Kier molecular flexibility index (Phi) is 10.1. The zero-order valence-electron chi connectivity index (χ0n) is 18.9. The molecular weight excluding hydrogens is 451 g/mol. The summed E-state index contributed by atoms with van der Waals surface area (Å²) in [7, 11) is 1.53. The number of nitrogens with one attached hydrogen (secondary N) is 1. The van der Waals surface area contributed by atoms with E-state index in [1.54, 1.807) is 36.4 Å². The van der Waals surface area contributed by atoms with Crippen LogP contribution in [0.25, 0.3) is 0 Å². The minimum Gasteiger partial charge on any atom is -0.493 e. The first-order valence-electron chi connectivity index (χ1n) is 10.6. The molecule has 2 aromatic carbocycles. The SMILES string of the molecule is CC[C@H](C)NC(=O)[C@H](CC)N(Cc1ccc(Cl)c(Cl)c1)C(=O)COc1ccccc1OC. The van der Waals surface area contributed by atoms with Crippen LogP contribution in [0.4, 0.5) is 0 Å². The van der Waals surface area contributed by atoms with E-state index in [1.165, 1.54) is 12.0 Å². The van der Waals surface area contributed by atoms with E-state index in [4.69, 9.17) is 32.7 Å². The topological polar surface area (TPSA) is 67.9 Å². The van der Waals surface area contributed by atoms with Crippen molar-refractivity contribution in [2.45, 2.75) is 52.2 Å². The lowest BCUT2D eigenvalue weighted by atomic mass is 10.1. The van der Waals surface area contributed by atoms with Crippen LogP contribution in [0, 0.1) is 0 Å². The van der Waals surface area contributed by atoms with Gasteiger partial charge in [0.1, 0.15) is 6.04 Å². The van der Waals surface area contributed by atoms with Crippen LogP contribution in [0.15, 0.2) is 42.5 Å². The summed E-state index contributed by atoms with van der Waals surface area (Å²) in [6.45, 7) is 5.75. The van der Waals surface area contributed by atoms with Gasteiger partial charge in [0.05, 0.1) is 17.2 Å². The number of hydrogen-bond acceptors (Lipinski definition) is 4. The molecule has 0 aromatic heterocycles. The molecule has 2 rings (SSSR count). The number of nitrogens with zero attached hydrogens (tertiary/aromatic N) is 1. The summed E-state index contributed by atoms with van der Waals surface area (Å²) < 4.78 is 11.0. The average Bonchev–Trinajstić information content (AvgIpc) is 2.79. The van der Waals surface area contributed by atoms with E-state index in [0.29, 0.717) is 28.0 Å². The highest BCUT2D eigenvalue weighted by Gasteiger charge is 2.29. The Bertz CT molecular complexity index is 923. The van der Waals surface area contributed by atoms with Gasteiger partial charge in [-0.15, -0.1) is 0 Å². The number of hydrogen-bond donors (Lipinski definition) is 1. The molecule has 8 heteroatoms. The van der Waals surface area contributed by atoms with Gasteiger partial charge in [-0.05, 0) is 49.6 Å². The van der Waals surface area contributed by atoms with Crippen molar-refractivity contribution in [3.05, 3.63) is 58.1 Å². The number of benzene rings is 2. The Morgan fingerprint density at radius 1 is 1.03 bits per heavy atom. The van der Waals surface area contributed by atoms with Gasteiger partial charge < -0.3 is 19.7 Å². The van der Waals surface area contributed by atoms with Crippen LogP contribution in [-0.2, 0) is 16.1 Å². The van der Waals surface area contributed by atoms with E-state index in [0.717, 1.165) is 12.0 Å². The summed E-state index contributed by atoms with van der Waals surface area (Å²) in [4.78, 5) is 27.7. The monoisotopic (exact) mass is 480 g/mol. The molecule has 2 amide bonds. The number of carbonyl (C=O) groups is 2. The van der Waals surface area contributed by atoms with Crippen molar-refractivity contribution in [1.29, 1.82) is 0 Å². The fourth-order valence-corrected chi connectivity index (χ4v) is 3.48. The second kappa shape index (κ2) is 12.6. The molecular formula is C24H30Cl2N2O4. The summed E-state index contributed by atoms with van der Waals surface area (Å²) in [6.07, 6.45) is 1.24. The number of rotatable bonds is 11. The van der Waals surface area contributed by atoms with Crippen LogP contribution < -0.4 is 14.8 Å². The van der Waals surface area contributed by atoms with Crippen LogP contribution in [0.3, 0.4) is 0 Å². The summed E-state index contributed by atoms with van der Waals surface area (Å²) in [6, 6.07) is 11.6. The third kappa shape index (κ3) is 7.04. The Morgan fingerprint density at radius 2 is 1.72 bits per heavy atom. The number of carbonyl (C=O) groups excluding carboxylic acids is 2. The van der Waals surface area contributed by atoms with E-state index in [9.17, 15) is 9.59 Å². The second-order valence-corrected chi connectivity index (χ2v) is 8.27. The lowest BCUT2D eigenvalue weighted by Gasteiger charge is -2.31. The van der Waals surface area contributed by atoms with Gasteiger partial charge in [0.25, 0.3) is 5.91 Å². The molecule has 0 fully saturated rings. The lowest BCUT2D eigenvalue weighted by molar-refractivity contribution is -0.143. The zero-order valence-corrected chi connectivity index (χ0v) is 20.4. The van der Waals surface area contributed by atoms with Crippen LogP contribution in [0.1, 0.15) is 39.2 Å². The van der Waals surface area contributed by atoms with Gasteiger partial charge in [-0.3, -0.25) is 9.59 Å². The molecule has 2 aromatic rings. The van der Waals surface area contributed by atoms with Crippen molar-refractivity contribution in [3.8, 4) is 11.5 Å². The minimum absolute atomic E-state index is 0.00306. The van der Waals surface area contributed by atoms with Crippen LogP contribution >= 0.6 is 23.2 Å². The van der Waals surface area contributed by atoms with E-state index in [2.05, 4.69) is 5.32 Å². The summed E-state index contributed by atoms with van der Waals surface area (Å²) in [5.41, 5.74) is 0.764. The van der Waals surface area contributed by atoms with Crippen LogP contribution in [-0.4, -0.2) is 42.5 Å². The molecule has 1 N–H and O–H groups in total. The standard InChI is InChI=1S/C24H30Cl2N2O4/c1-5-16(3)27-24(30)20(6-2)28(14-17-11-12-18(25)19(26)13-17)23(29)15-32-22-10-8-7-9-21(22)31-4/h7-13,16,20H,5-6,14-15H2,1-4H3,(H,27,30)/t16-,20-/m0/s1. The van der Waals surface area contributed by atoms with Crippen LogP contribution in [0.5, 0.6) is 11.5 Å². The summed E-state index contributed by atoms with van der Waals surface area (Å²) in [5.74, 6) is 0.452. The number of ether oxygens (including phenoxy) is 2. The molecule has 174 valence electrons. The normalized spacial score (nSPS) is 12.6. The van der Waals surface area contributed by atoms with Crippen molar-refractivity contribution < 1.29 is 19.1 Å². The van der Waals surface area contributed by atoms with Crippen molar-refractivity contribution >= 4 is 35.0 Å². The maximum atomic E-state index is 13.3. The Balaban J connectivity index is 2.27. The molecule has 0 aliphatic carbocycles. The Labute approximate surface area is 199 Å². The highest BCUT2D eigenvalue weighted by Crippen LogP contribution is 2.27. The van der Waals surface area contributed by atoms with Gasteiger partial charge >= 0.3 is 0 Å². The van der Waals surface area contributed by atoms with E-state index >= 15 is 0 Å². The molecule has 0 spiro atoms. The van der Waals surface area contributed by atoms with E-state index in [-0.39, 0.29) is 31.0 Å². The van der Waals surface area contributed by atoms with E-state index in [1.807, 2.05) is 26.8 Å². The quantitative estimate of drug-likeness (QED) is 0.485. The van der Waals surface area contributed by atoms with Crippen molar-refractivity contribution in [2.24, 2.45) is 0 Å². The number of para-hydroxylation sites is 2. The lowest BCUT2D eigenvalue weighted by Crippen LogP contribution is -2.51. The molecule has 0 saturated heterocycles. The summed E-state index contributed by atoms with van der Waals surface area (Å²) in [5, 5.41) is 3.79. The highest BCUT2D eigenvalue weighted by molar-refractivity contribution is 6.42. The molecule has 6 nitrogen and oxygen atoms in total. The number of halogens is 2. The first-order chi connectivity index (χ1) is 15.3. The fraction of sp³-hybridized carbons (Fsp3) is 0.417. The maximum Gasteiger partial charge on any atom is 0.261 e. The van der Waals surface area contributed by atoms with Gasteiger partial charge in [0.15, 0.2) is 18.1 Å². The van der Waals surface area contributed by atoms with Crippen molar-refractivity contribution in [2.75, 3.05) is 13.7 Å². The smallest absolute Gasteiger partial charge is 0.261 e. The molecule has 0 saturated carbocycles. The van der Waals surface area contributed by atoms with Gasteiger partial charge in [-0.25, -0.2) is 0 Å². The van der Waals surface area contributed by atoms with Crippen LogP contribution in [0.2, 0.25) is 10.0 Å². The molecule has 0 aliphatic rings. The first-order valence-corrected chi connectivity index (χ1v) is 11.4. The van der Waals surface area contributed by atoms with Gasteiger partial charge in [0.2, 0.25) is 5.91 Å². The number of amides is 2. The van der Waals surface area contributed by atoms with Gasteiger partial charge in [0, 0.05) is 12.6 Å². The molecule has 0 radical (unpaired) electrons. The Hall–Kier alpha value is -2.44. The zero-order chi connectivity index (χ0) is 23.7. The van der Waals surface area contributed by atoms with Gasteiger partial charge in [-0.1, -0.05) is 55.2 Å². The second-order valence-electron chi connectivity index (χ2n) is 7.45. The predicted octanol–water partition coefficient (Wildman–Crippen LogP) is 5.10. The highest BCUT2D eigenvalue weighted by atomic mass is 35.5. The van der Waals surface area contributed by atoms with Gasteiger partial charge in [-0.2, -0.15) is 0 Å². The predicted molar refractivity (Wildman–Crippen MR) is 127 cm³/mol. The molecule has 32 heavy (non-hydrogen) atoms. The first kappa shape index (κ1) is 25.8. The maximum absolute atomic E-state index is 13.3. The largest absolute Gasteiger partial charge is 0.493 e. The summed E-state index contributed by atoms with van der Waals surface area (Å²) >= 11 is 12.2. The third-order valence-corrected chi connectivity index (χ3v) is 5.88. The van der Waals surface area contributed by atoms with Crippen molar-refractivity contribution in [3.63, 3.8) is 0 Å². The Morgan fingerprint density at radius 3 is 2.31 bits per heavy atom. The minimum atomic E-state index is -0.660. The fourth-order valence-electron chi connectivity index (χ4n) is 3.16. The van der Waals surface area contributed by atoms with E-state index < -0.39 is 6.04 Å². The molecule has 0 heterocycles. The third-order valence-electron chi connectivity index (χ3n) is 5.14. The van der Waals surface area contributed by atoms with Crippen molar-refractivity contribution in [1.82, 2.24) is 10.2 Å². The molecule has 0 unspecified atom stereocenters. The molecule has 2 atom stereocenters. The number of methoxy groups -OCH3 is 1. The molecule has 0 bridgehead atoms. The molecule has 0 aliphatic heterocycles.